The summed E-state index contributed by atoms with van der Waals surface area (Å²) in [5.74, 6) is 0.0175. The molecule has 110 valence electrons. The standard InChI is InChI=1S/C16H17NO4/c1-5-7-13(15(6-2)20-3)12-9-8-11(17-19)10-14(12)16(18)21-4/h5-10H,1H2,2-4H3/b13-7-,15-6+. The first-order valence-electron chi connectivity index (χ1n) is 6.22. The van der Waals surface area contributed by atoms with Gasteiger partial charge in [-0.3, -0.25) is 0 Å². The van der Waals surface area contributed by atoms with E-state index in [1.807, 2.05) is 6.92 Å². The normalized spacial score (nSPS) is 11.8. The molecule has 5 heteroatoms. The van der Waals surface area contributed by atoms with Crippen molar-refractivity contribution < 1.29 is 14.3 Å². The molecule has 1 aromatic rings. The summed E-state index contributed by atoms with van der Waals surface area (Å²) in [5, 5.41) is 2.84. The Hall–Kier alpha value is -2.69. The maximum Gasteiger partial charge on any atom is 0.338 e. The molecular weight excluding hydrogens is 270 g/mol. The van der Waals surface area contributed by atoms with Crippen LogP contribution in [0.2, 0.25) is 0 Å². The Kier molecular flexibility index (Phi) is 6.07. The van der Waals surface area contributed by atoms with Crippen molar-refractivity contribution in [1.29, 1.82) is 0 Å². The first kappa shape index (κ1) is 16.4. The molecule has 0 N–H and O–H groups in total. The monoisotopic (exact) mass is 287 g/mol. The molecule has 0 aliphatic rings. The first-order valence-corrected chi connectivity index (χ1v) is 6.22. The van der Waals surface area contributed by atoms with Gasteiger partial charge in [-0.2, -0.15) is 0 Å². The van der Waals surface area contributed by atoms with E-state index >= 15 is 0 Å². The van der Waals surface area contributed by atoms with E-state index in [-0.39, 0.29) is 11.3 Å². The van der Waals surface area contributed by atoms with Crippen LogP contribution in [0.25, 0.3) is 5.57 Å². The minimum atomic E-state index is -0.558. The van der Waals surface area contributed by atoms with Gasteiger partial charge in [0, 0.05) is 11.1 Å². The quantitative estimate of drug-likeness (QED) is 0.343. The summed E-state index contributed by atoms with van der Waals surface area (Å²) in [7, 11) is 2.81. The van der Waals surface area contributed by atoms with E-state index < -0.39 is 5.97 Å². The lowest BCUT2D eigenvalue weighted by atomic mass is 9.96. The molecule has 1 rings (SSSR count). The van der Waals surface area contributed by atoms with Crippen molar-refractivity contribution in [2.24, 2.45) is 5.18 Å². The van der Waals surface area contributed by atoms with Crippen molar-refractivity contribution in [3.05, 3.63) is 64.8 Å². The first-order chi connectivity index (χ1) is 10.1. The largest absolute Gasteiger partial charge is 0.496 e. The third-order valence-corrected chi connectivity index (χ3v) is 2.84. The number of esters is 1. The number of nitroso groups, excluding NO2 is 1. The zero-order chi connectivity index (χ0) is 15.8. The predicted molar refractivity (Wildman–Crippen MR) is 82.2 cm³/mol. The molecule has 0 amide bonds. The minimum absolute atomic E-state index is 0.150. The summed E-state index contributed by atoms with van der Waals surface area (Å²) in [6.07, 6.45) is 5.07. The van der Waals surface area contributed by atoms with E-state index in [0.717, 1.165) is 0 Å². The fourth-order valence-corrected chi connectivity index (χ4v) is 1.91. The molecule has 0 radical (unpaired) electrons. The molecule has 0 aromatic heterocycles. The van der Waals surface area contributed by atoms with E-state index in [1.54, 1.807) is 24.3 Å². The fraction of sp³-hybridized carbons (Fsp3) is 0.188. The Morgan fingerprint density at radius 3 is 2.43 bits per heavy atom. The van der Waals surface area contributed by atoms with Gasteiger partial charge < -0.3 is 9.47 Å². The summed E-state index contributed by atoms with van der Waals surface area (Å²) >= 11 is 0. The number of benzene rings is 1. The maximum atomic E-state index is 11.9. The molecule has 0 saturated carbocycles. The van der Waals surface area contributed by atoms with Crippen LogP contribution in [0.1, 0.15) is 22.8 Å². The highest BCUT2D eigenvalue weighted by Gasteiger charge is 2.18. The molecule has 1 aromatic carbocycles. The summed E-state index contributed by atoms with van der Waals surface area (Å²) in [6.45, 7) is 5.48. The van der Waals surface area contributed by atoms with Gasteiger partial charge in [-0.1, -0.05) is 24.8 Å². The summed E-state index contributed by atoms with van der Waals surface area (Å²) < 4.78 is 10.1. The number of rotatable bonds is 6. The second-order valence-corrected chi connectivity index (χ2v) is 3.99. The third-order valence-electron chi connectivity index (χ3n) is 2.84. The van der Waals surface area contributed by atoms with Crippen LogP contribution < -0.4 is 0 Å². The van der Waals surface area contributed by atoms with Gasteiger partial charge in [0.15, 0.2) is 0 Å². The SMILES string of the molecule is C=C/C=C(\C(=C/C)OC)c1ccc(N=O)cc1C(=O)OC. The van der Waals surface area contributed by atoms with Gasteiger partial charge in [0.2, 0.25) is 0 Å². The number of methoxy groups -OCH3 is 2. The number of hydrogen-bond acceptors (Lipinski definition) is 5. The molecule has 0 aliphatic heterocycles. The van der Waals surface area contributed by atoms with Crippen LogP contribution in [0.15, 0.2) is 53.9 Å². The molecule has 0 atom stereocenters. The lowest BCUT2D eigenvalue weighted by Gasteiger charge is -2.14. The highest BCUT2D eigenvalue weighted by molar-refractivity contribution is 5.98. The molecule has 0 saturated heterocycles. The molecule has 0 bridgehead atoms. The van der Waals surface area contributed by atoms with Crippen LogP contribution in [0.3, 0.4) is 0 Å². The summed E-state index contributed by atoms with van der Waals surface area (Å²) in [4.78, 5) is 22.6. The highest BCUT2D eigenvalue weighted by Crippen LogP contribution is 2.30. The molecular formula is C16H17NO4. The Morgan fingerprint density at radius 1 is 1.24 bits per heavy atom. The number of hydrogen-bond donors (Lipinski definition) is 0. The van der Waals surface area contributed by atoms with Crippen molar-refractivity contribution in [2.75, 3.05) is 14.2 Å². The van der Waals surface area contributed by atoms with Gasteiger partial charge >= 0.3 is 5.97 Å². The second kappa shape index (κ2) is 7.79. The average Bonchev–Trinajstić information content (AvgIpc) is 2.53. The summed E-state index contributed by atoms with van der Waals surface area (Å²) in [6, 6.07) is 4.53. The van der Waals surface area contributed by atoms with E-state index in [0.29, 0.717) is 16.9 Å². The lowest BCUT2D eigenvalue weighted by Crippen LogP contribution is -2.06. The van der Waals surface area contributed by atoms with Crippen molar-refractivity contribution >= 4 is 17.2 Å². The zero-order valence-electron chi connectivity index (χ0n) is 12.3. The van der Waals surface area contributed by atoms with E-state index in [9.17, 15) is 9.70 Å². The number of allylic oxidation sites excluding steroid dienone is 4. The molecule has 0 heterocycles. The van der Waals surface area contributed by atoms with Gasteiger partial charge in [0.05, 0.1) is 19.8 Å². The van der Waals surface area contributed by atoms with Crippen LogP contribution in [0.5, 0.6) is 0 Å². The molecule has 21 heavy (non-hydrogen) atoms. The Morgan fingerprint density at radius 2 is 1.95 bits per heavy atom. The third kappa shape index (κ3) is 3.66. The Labute approximate surface area is 123 Å². The number of carbonyl (C=O) groups is 1. The fourth-order valence-electron chi connectivity index (χ4n) is 1.91. The zero-order valence-corrected chi connectivity index (χ0v) is 12.3. The van der Waals surface area contributed by atoms with Crippen molar-refractivity contribution in [2.45, 2.75) is 6.92 Å². The number of ether oxygens (including phenoxy) is 2. The van der Waals surface area contributed by atoms with E-state index in [4.69, 9.17) is 9.47 Å². The minimum Gasteiger partial charge on any atom is -0.496 e. The highest BCUT2D eigenvalue weighted by atomic mass is 16.5. The van der Waals surface area contributed by atoms with Crippen LogP contribution in [0.4, 0.5) is 5.69 Å². The molecule has 0 aliphatic carbocycles. The molecule has 0 spiro atoms. The van der Waals surface area contributed by atoms with Crippen molar-refractivity contribution in [3.8, 4) is 0 Å². The second-order valence-electron chi connectivity index (χ2n) is 3.99. The summed E-state index contributed by atoms with van der Waals surface area (Å²) in [5.41, 5.74) is 1.62. The van der Waals surface area contributed by atoms with Gasteiger partial charge in [0.1, 0.15) is 11.4 Å². The van der Waals surface area contributed by atoms with E-state index in [2.05, 4.69) is 11.8 Å². The van der Waals surface area contributed by atoms with Crippen LogP contribution >= 0.6 is 0 Å². The van der Waals surface area contributed by atoms with Gasteiger partial charge in [-0.15, -0.1) is 4.91 Å². The molecule has 5 nitrogen and oxygen atoms in total. The predicted octanol–water partition coefficient (Wildman–Crippen LogP) is 3.99. The average molecular weight is 287 g/mol. The van der Waals surface area contributed by atoms with Crippen LogP contribution in [0, 0.1) is 4.91 Å². The van der Waals surface area contributed by atoms with Crippen molar-refractivity contribution in [3.63, 3.8) is 0 Å². The topological polar surface area (TPSA) is 65.0 Å². The van der Waals surface area contributed by atoms with Gasteiger partial charge in [-0.05, 0) is 30.3 Å². The van der Waals surface area contributed by atoms with Crippen LogP contribution in [-0.2, 0) is 9.47 Å². The Bertz CT molecular complexity index is 615. The molecule has 0 unspecified atom stereocenters. The van der Waals surface area contributed by atoms with Crippen LogP contribution in [-0.4, -0.2) is 20.2 Å². The smallest absolute Gasteiger partial charge is 0.338 e. The number of carbonyl (C=O) groups excluding carboxylic acids is 1. The molecule has 0 fully saturated rings. The van der Waals surface area contributed by atoms with Gasteiger partial charge in [-0.25, -0.2) is 4.79 Å². The number of nitrogens with zero attached hydrogens (tertiary/aromatic N) is 1. The van der Waals surface area contributed by atoms with E-state index in [1.165, 1.54) is 26.4 Å². The Balaban J connectivity index is 3.58. The lowest BCUT2D eigenvalue weighted by molar-refractivity contribution is 0.0600. The maximum absolute atomic E-state index is 11.9. The van der Waals surface area contributed by atoms with Crippen molar-refractivity contribution in [1.82, 2.24) is 0 Å². The van der Waals surface area contributed by atoms with Gasteiger partial charge in [0.25, 0.3) is 0 Å².